The number of carbonyl (C=O) groups excluding carboxylic acids is 1. The van der Waals surface area contributed by atoms with E-state index in [4.69, 9.17) is 5.11 Å². The third kappa shape index (κ3) is 3.42. The highest BCUT2D eigenvalue weighted by Gasteiger charge is 2.34. The molecule has 1 fully saturated rings. The van der Waals surface area contributed by atoms with Gasteiger partial charge in [-0.15, -0.1) is 5.10 Å². The lowest BCUT2D eigenvalue weighted by Crippen LogP contribution is -2.34. The largest absolute Gasteiger partial charge is 0.396 e. The second-order valence-electron chi connectivity index (χ2n) is 6.23. The van der Waals surface area contributed by atoms with Crippen LogP contribution in [0.4, 0.5) is 0 Å². The van der Waals surface area contributed by atoms with Crippen LogP contribution in [0.3, 0.4) is 0 Å². The van der Waals surface area contributed by atoms with E-state index in [0.717, 1.165) is 24.2 Å². The van der Waals surface area contributed by atoms with Crippen molar-refractivity contribution in [2.75, 3.05) is 6.61 Å². The van der Waals surface area contributed by atoms with Gasteiger partial charge in [-0.2, -0.15) is 0 Å². The summed E-state index contributed by atoms with van der Waals surface area (Å²) in [6.45, 7) is 3.96. The fourth-order valence-electron chi connectivity index (χ4n) is 2.61. The third-order valence-electron chi connectivity index (χ3n) is 4.10. The van der Waals surface area contributed by atoms with Gasteiger partial charge in [-0.05, 0) is 45.2 Å². The Balaban J connectivity index is 1.90. The summed E-state index contributed by atoms with van der Waals surface area (Å²) in [7, 11) is 0. The molecule has 6 heteroatoms. The molecule has 23 heavy (non-hydrogen) atoms. The molecular weight excluding hydrogens is 292 g/mol. The van der Waals surface area contributed by atoms with Crippen molar-refractivity contribution < 1.29 is 9.90 Å². The Morgan fingerprint density at radius 2 is 2.09 bits per heavy atom. The van der Waals surface area contributed by atoms with Crippen molar-refractivity contribution in [3.05, 3.63) is 41.2 Å². The molecule has 6 nitrogen and oxygen atoms in total. The Labute approximate surface area is 135 Å². The molecule has 0 bridgehead atoms. The lowest BCUT2D eigenvalue weighted by molar-refractivity contribution is 0.0928. The van der Waals surface area contributed by atoms with Gasteiger partial charge in [0.1, 0.15) is 0 Å². The molecule has 0 radical (unpaired) electrons. The Hall–Kier alpha value is -2.21. The number of benzene rings is 1. The SMILES string of the molecule is Cc1ccc(-n2nnc(C(=O)N[C@H](C)CCO)c2C2CC2)cc1. The van der Waals surface area contributed by atoms with Crippen LogP contribution in [0, 0.1) is 6.92 Å². The number of aryl methyl sites for hydroxylation is 1. The highest BCUT2D eigenvalue weighted by atomic mass is 16.3. The first kappa shape index (κ1) is 15.7. The minimum absolute atomic E-state index is 0.0486. The van der Waals surface area contributed by atoms with Crippen LogP contribution in [0.5, 0.6) is 0 Å². The van der Waals surface area contributed by atoms with E-state index in [-0.39, 0.29) is 18.6 Å². The number of aliphatic hydroxyl groups excluding tert-OH is 1. The smallest absolute Gasteiger partial charge is 0.273 e. The minimum Gasteiger partial charge on any atom is -0.396 e. The molecule has 1 atom stereocenters. The topological polar surface area (TPSA) is 80.0 Å². The molecule has 2 N–H and O–H groups in total. The highest BCUT2D eigenvalue weighted by molar-refractivity contribution is 5.93. The highest BCUT2D eigenvalue weighted by Crippen LogP contribution is 2.41. The van der Waals surface area contributed by atoms with Crippen molar-refractivity contribution in [2.24, 2.45) is 0 Å². The number of rotatable bonds is 6. The van der Waals surface area contributed by atoms with Crippen LogP contribution in [-0.4, -0.2) is 38.7 Å². The van der Waals surface area contributed by atoms with Gasteiger partial charge in [0.05, 0.1) is 11.4 Å². The Kier molecular flexibility index (Phi) is 4.43. The lowest BCUT2D eigenvalue weighted by Gasteiger charge is -2.12. The Bertz CT molecular complexity index is 689. The average Bonchev–Trinajstić information content (AvgIpc) is 3.26. The molecule has 1 aromatic heterocycles. The predicted molar refractivity (Wildman–Crippen MR) is 86.7 cm³/mol. The monoisotopic (exact) mass is 314 g/mol. The van der Waals surface area contributed by atoms with E-state index in [1.165, 1.54) is 5.56 Å². The number of amides is 1. The molecule has 1 heterocycles. The number of hydrogen-bond acceptors (Lipinski definition) is 4. The molecule has 1 aliphatic rings. The van der Waals surface area contributed by atoms with E-state index in [1.807, 2.05) is 38.1 Å². The van der Waals surface area contributed by atoms with E-state index < -0.39 is 0 Å². The van der Waals surface area contributed by atoms with Gasteiger partial charge in [-0.25, -0.2) is 4.68 Å². The number of carbonyl (C=O) groups is 1. The van der Waals surface area contributed by atoms with Gasteiger partial charge in [0, 0.05) is 18.6 Å². The summed E-state index contributed by atoms with van der Waals surface area (Å²) in [5.41, 5.74) is 3.39. The van der Waals surface area contributed by atoms with Crippen LogP contribution >= 0.6 is 0 Å². The Morgan fingerprint density at radius 3 is 2.70 bits per heavy atom. The van der Waals surface area contributed by atoms with Gasteiger partial charge in [-0.1, -0.05) is 22.9 Å². The van der Waals surface area contributed by atoms with Crippen LogP contribution < -0.4 is 5.32 Å². The van der Waals surface area contributed by atoms with Gasteiger partial charge in [0.15, 0.2) is 5.69 Å². The quantitative estimate of drug-likeness (QED) is 0.854. The van der Waals surface area contributed by atoms with E-state index in [9.17, 15) is 4.79 Å². The molecular formula is C17H22N4O2. The molecule has 2 aromatic rings. The van der Waals surface area contributed by atoms with Crippen LogP contribution in [0.25, 0.3) is 5.69 Å². The molecule has 0 saturated heterocycles. The summed E-state index contributed by atoms with van der Waals surface area (Å²) >= 11 is 0. The van der Waals surface area contributed by atoms with Gasteiger partial charge < -0.3 is 10.4 Å². The molecule has 0 unspecified atom stereocenters. The fourth-order valence-corrected chi connectivity index (χ4v) is 2.61. The summed E-state index contributed by atoms with van der Waals surface area (Å²) in [5.74, 6) is 0.131. The summed E-state index contributed by atoms with van der Waals surface area (Å²) in [4.78, 5) is 12.5. The van der Waals surface area contributed by atoms with Gasteiger partial charge in [0.2, 0.25) is 0 Å². The molecule has 1 saturated carbocycles. The molecule has 0 aliphatic heterocycles. The normalized spacial score (nSPS) is 15.4. The summed E-state index contributed by atoms with van der Waals surface area (Å²) in [6.07, 6.45) is 2.65. The number of nitrogens with one attached hydrogen (secondary N) is 1. The van der Waals surface area contributed by atoms with E-state index >= 15 is 0 Å². The maximum absolute atomic E-state index is 12.5. The van der Waals surface area contributed by atoms with Gasteiger partial charge in [-0.3, -0.25) is 4.79 Å². The summed E-state index contributed by atoms with van der Waals surface area (Å²) < 4.78 is 1.78. The summed E-state index contributed by atoms with van der Waals surface area (Å²) in [5, 5.41) is 20.2. The number of hydrogen-bond donors (Lipinski definition) is 2. The first-order valence-corrected chi connectivity index (χ1v) is 8.04. The second-order valence-corrected chi connectivity index (χ2v) is 6.23. The second kappa shape index (κ2) is 6.50. The maximum Gasteiger partial charge on any atom is 0.273 e. The first-order valence-electron chi connectivity index (χ1n) is 8.04. The maximum atomic E-state index is 12.5. The number of aromatic nitrogens is 3. The first-order chi connectivity index (χ1) is 11.1. The third-order valence-corrected chi connectivity index (χ3v) is 4.10. The number of nitrogens with zero attached hydrogens (tertiary/aromatic N) is 3. The standard InChI is InChI=1S/C17H22N4O2/c1-11-3-7-14(8-4-11)21-16(13-5-6-13)15(19-20-21)17(23)18-12(2)9-10-22/h3-4,7-8,12-13,22H,5-6,9-10H2,1-2H3,(H,18,23)/t12-/m1/s1. The number of aliphatic hydroxyl groups is 1. The average molecular weight is 314 g/mol. The van der Waals surface area contributed by atoms with Crippen LogP contribution in [0.2, 0.25) is 0 Å². The van der Waals surface area contributed by atoms with E-state index in [1.54, 1.807) is 4.68 Å². The van der Waals surface area contributed by atoms with Gasteiger partial charge in [0.25, 0.3) is 5.91 Å². The van der Waals surface area contributed by atoms with Crippen molar-refractivity contribution in [1.29, 1.82) is 0 Å². The predicted octanol–water partition coefficient (Wildman–Crippen LogP) is 1.95. The summed E-state index contributed by atoms with van der Waals surface area (Å²) in [6, 6.07) is 7.94. The van der Waals surface area contributed by atoms with E-state index in [0.29, 0.717) is 18.0 Å². The fraction of sp³-hybridized carbons (Fsp3) is 0.471. The van der Waals surface area contributed by atoms with Crippen LogP contribution in [0.15, 0.2) is 24.3 Å². The molecule has 3 rings (SSSR count). The van der Waals surface area contributed by atoms with Gasteiger partial charge >= 0.3 is 0 Å². The van der Waals surface area contributed by atoms with Crippen molar-refractivity contribution in [3.63, 3.8) is 0 Å². The zero-order chi connectivity index (χ0) is 16.4. The molecule has 1 amide bonds. The van der Waals surface area contributed by atoms with Crippen LogP contribution in [0.1, 0.15) is 53.8 Å². The zero-order valence-electron chi connectivity index (χ0n) is 13.5. The minimum atomic E-state index is -0.216. The molecule has 122 valence electrons. The molecule has 1 aromatic carbocycles. The van der Waals surface area contributed by atoms with Crippen LogP contribution in [-0.2, 0) is 0 Å². The molecule has 0 spiro atoms. The van der Waals surface area contributed by atoms with Crippen molar-refractivity contribution in [1.82, 2.24) is 20.3 Å². The van der Waals surface area contributed by atoms with Crippen molar-refractivity contribution >= 4 is 5.91 Å². The van der Waals surface area contributed by atoms with Crippen molar-refractivity contribution in [3.8, 4) is 5.69 Å². The lowest BCUT2D eigenvalue weighted by atomic mass is 10.1. The molecule has 1 aliphatic carbocycles. The van der Waals surface area contributed by atoms with E-state index in [2.05, 4.69) is 15.6 Å². The zero-order valence-corrected chi connectivity index (χ0v) is 13.5. The Morgan fingerprint density at radius 1 is 1.39 bits per heavy atom. The van der Waals surface area contributed by atoms with Crippen molar-refractivity contribution in [2.45, 2.75) is 45.1 Å².